The average Bonchev–Trinajstić information content (AvgIpc) is 2.80. The number of ether oxygens (including phenoxy) is 4. The molecule has 2 fully saturated rings. The Kier molecular flexibility index (Phi) is 6.19. The number of hydrogen-bond donors (Lipinski definition) is 2. The molecule has 0 aliphatic carbocycles. The van der Waals surface area contributed by atoms with E-state index in [2.05, 4.69) is 27.9 Å². The molecule has 0 amide bonds. The van der Waals surface area contributed by atoms with Gasteiger partial charge in [0.25, 0.3) is 0 Å². The van der Waals surface area contributed by atoms with Crippen LogP contribution in [0.1, 0.15) is 11.9 Å². The van der Waals surface area contributed by atoms with Crippen LogP contribution in [0.2, 0.25) is 0 Å². The molecule has 1 aromatic heterocycles. The third kappa shape index (κ3) is 4.16. The largest absolute Gasteiger partial charge is 0.423 e. The minimum atomic E-state index is -0.938. The molecule has 2 saturated heterocycles. The standard InChI is InChI=1S/C23H22INO7/c1-28-23-19(25-13-7-8-14-15(24)10-18(26)30-16(14)9-13)20(27)21-17(31-23)11-29-22(32-21)12-5-3-2-4-6-12/h2-10,17,19-23,25,27H,11H2,1H3/t17?,19?,20-,21-,22?,23+/m1/s1. The SMILES string of the molecule is CO[C@H]1OC2COC(c3ccccc3)O[C@H]2[C@H](O)C1Nc1ccc2c(I)cc(=O)oc2c1. The van der Waals surface area contributed by atoms with Crippen LogP contribution >= 0.6 is 22.6 Å². The molecule has 2 N–H and O–H groups in total. The lowest BCUT2D eigenvalue weighted by Gasteiger charge is -2.47. The lowest BCUT2D eigenvalue weighted by Crippen LogP contribution is -2.64. The van der Waals surface area contributed by atoms with Crippen LogP contribution in [0.15, 0.2) is 63.8 Å². The van der Waals surface area contributed by atoms with E-state index < -0.39 is 42.6 Å². The molecule has 0 radical (unpaired) electrons. The highest BCUT2D eigenvalue weighted by molar-refractivity contribution is 14.1. The zero-order valence-corrected chi connectivity index (χ0v) is 19.3. The molecule has 168 valence electrons. The highest BCUT2D eigenvalue weighted by Crippen LogP contribution is 2.35. The summed E-state index contributed by atoms with van der Waals surface area (Å²) in [6.45, 7) is 0.271. The number of benzene rings is 2. The minimum absolute atomic E-state index is 0.271. The fourth-order valence-electron chi connectivity index (χ4n) is 4.13. The van der Waals surface area contributed by atoms with Gasteiger partial charge in [-0.25, -0.2) is 4.79 Å². The number of rotatable bonds is 4. The summed E-state index contributed by atoms with van der Waals surface area (Å²) < 4.78 is 29.6. The van der Waals surface area contributed by atoms with Crippen molar-refractivity contribution in [2.75, 3.05) is 19.0 Å². The molecule has 32 heavy (non-hydrogen) atoms. The first kappa shape index (κ1) is 21.8. The van der Waals surface area contributed by atoms with Gasteiger partial charge in [-0.15, -0.1) is 0 Å². The molecular formula is C23H22INO7. The van der Waals surface area contributed by atoms with Crippen molar-refractivity contribution in [3.63, 3.8) is 0 Å². The van der Waals surface area contributed by atoms with Crippen molar-refractivity contribution < 1.29 is 28.5 Å². The van der Waals surface area contributed by atoms with Crippen molar-refractivity contribution in [3.05, 3.63) is 74.2 Å². The van der Waals surface area contributed by atoms with E-state index in [9.17, 15) is 9.90 Å². The number of anilines is 1. The third-order valence-corrected chi connectivity index (χ3v) is 6.59. The first-order valence-corrected chi connectivity index (χ1v) is 11.3. The second-order valence-electron chi connectivity index (χ2n) is 7.74. The number of halogens is 1. The molecule has 0 spiro atoms. The van der Waals surface area contributed by atoms with Crippen molar-refractivity contribution in [3.8, 4) is 0 Å². The molecule has 0 saturated carbocycles. The molecular weight excluding hydrogens is 529 g/mol. The van der Waals surface area contributed by atoms with Crippen LogP contribution in [0.25, 0.3) is 11.0 Å². The Labute approximate surface area is 197 Å². The van der Waals surface area contributed by atoms with Crippen LogP contribution in [-0.2, 0) is 18.9 Å². The van der Waals surface area contributed by atoms with E-state index in [0.717, 1.165) is 14.5 Å². The fraction of sp³-hybridized carbons (Fsp3) is 0.348. The second kappa shape index (κ2) is 9.08. The molecule has 3 unspecified atom stereocenters. The van der Waals surface area contributed by atoms with E-state index in [1.807, 2.05) is 42.5 Å². The van der Waals surface area contributed by atoms with Crippen LogP contribution in [0.3, 0.4) is 0 Å². The van der Waals surface area contributed by atoms with Gasteiger partial charge in [0.05, 0.1) is 6.61 Å². The normalized spacial score (nSPS) is 30.1. The highest BCUT2D eigenvalue weighted by atomic mass is 127. The van der Waals surface area contributed by atoms with E-state index in [0.29, 0.717) is 11.3 Å². The predicted molar refractivity (Wildman–Crippen MR) is 124 cm³/mol. The zero-order chi connectivity index (χ0) is 22.2. The van der Waals surface area contributed by atoms with Gasteiger partial charge in [0.1, 0.15) is 29.9 Å². The smallest absolute Gasteiger partial charge is 0.337 e. The molecule has 6 atom stereocenters. The van der Waals surface area contributed by atoms with Crippen molar-refractivity contribution in [2.24, 2.45) is 0 Å². The lowest BCUT2D eigenvalue weighted by molar-refractivity contribution is -0.337. The van der Waals surface area contributed by atoms with Crippen LogP contribution in [0.4, 0.5) is 5.69 Å². The van der Waals surface area contributed by atoms with Gasteiger partial charge < -0.3 is 33.8 Å². The van der Waals surface area contributed by atoms with Crippen molar-refractivity contribution in [2.45, 2.75) is 36.9 Å². The van der Waals surface area contributed by atoms with E-state index in [4.69, 9.17) is 23.4 Å². The van der Waals surface area contributed by atoms with E-state index >= 15 is 0 Å². The van der Waals surface area contributed by atoms with Gasteiger partial charge in [-0.2, -0.15) is 0 Å². The van der Waals surface area contributed by atoms with Crippen LogP contribution in [0, 0.1) is 3.57 Å². The molecule has 3 heterocycles. The molecule has 2 aliphatic rings. The fourth-order valence-corrected chi connectivity index (χ4v) is 4.83. The number of fused-ring (bicyclic) bond motifs is 2. The summed E-state index contributed by atoms with van der Waals surface area (Å²) in [4.78, 5) is 11.8. The molecule has 5 rings (SSSR count). The predicted octanol–water partition coefficient (Wildman–Crippen LogP) is 3.02. The topological polar surface area (TPSA) is 99.4 Å². The first-order valence-electron chi connectivity index (χ1n) is 10.2. The summed E-state index contributed by atoms with van der Waals surface area (Å²) in [5.74, 6) is 0. The van der Waals surface area contributed by atoms with Crippen molar-refractivity contribution in [1.82, 2.24) is 0 Å². The summed E-state index contributed by atoms with van der Waals surface area (Å²) in [5, 5.41) is 15.3. The van der Waals surface area contributed by atoms with Crippen molar-refractivity contribution >= 4 is 39.2 Å². The van der Waals surface area contributed by atoms with Gasteiger partial charge >= 0.3 is 5.63 Å². The Morgan fingerprint density at radius 3 is 2.72 bits per heavy atom. The quantitative estimate of drug-likeness (QED) is 0.378. The summed E-state index contributed by atoms with van der Waals surface area (Å²) >= 11 is 2.10. The Bertz CT molecular complexity index is 1150. The number of methoxy groups -OCH3 is 1. The van der Waals surface area contributed by atoms with E-state index in [1.165, 1.54) is 13.2 Å². The van der Waals surface area contributed by atoms with Gasteiger partial charge in [0, 0.05) is 39.4 Å². The molecule has 0 bridgehead atoms. The van der Waals surface area contributed by atoms with Gasteiger partial charge in [0.2, 0.25) is 0 Å². The van der Waals surface area contributed by atoms with E-state index in [1.54, 1.807) is 6.07 Å². The van der Waals surface area contributed by atoms with Gasteiger partial charge in [-0.3, -0.25) is 0 Å². The summed E-state index contributed by atoms with van der Waals surface area (Å²) in [5.41, 5.74) is 1.56. The molecule has 2 aliphatic heterocycles. The highest BCUT2D eigenvalue weighted by Gasteiger charge is 2.49. The lowest BCUT2D eigenvalue weighted by atomic mass is 9.95. The maximum Gasteiger partial charge on any atom is 0.337 e. The first-order chi connectivity index (χ1) is 15.5. The monoisotopic (exact) mass is 551 g/mol. The van der Waals surface area contributed by atoms with Crippen LogP contribution < -0.4 is 10.9 Å². The summed E-state index contributed by atoms with van der Waals surface area (Å²) in [6.07, 6.45) is -3.34. The van der Waals surface area contributed by atoms with Gasteiger partial charge in [-0.05, 0) is 34.7 Å². The van der Waals surface area contributed by atoms with Crippen LogP contribution in [-0.4, -0.2) is 49.5 Å². The zero-order valence-electron chi connectivity index (χ0n) is 17.1. The van der Waals surface area contributed by atoms with Gasteiger partial charge in [0.15, 0.2) is 12.6 Å². The average molecular weight is 551 g/mol. The van der Waals surface area contributed by atoms with Gasteiger partial charge in [-0.1, -0.05) is 30.3 Å². The maximum absolute atomic E-state index is 11.8. The summed E-state index contributed by atoms with van der Waals surface area (Å²) in [7, 11) is 1.52. The molecule has 3 aromatic rings. The molecule has 2 aromatic carbocycles. The van der Waals surface area contributed by atoms with Crippen molar-refractivity contribution in [1.29, 1.82) is 0 Å². The third-order valence-electron chi connectivity index (χ3n) is 5.70. The minimum Gasteiger partial charge on any atom is -0.423 e. The molecule has 9 heteroatoms. The Hall–Kier alpha value is -2.02. The number of aliphatic hydroxyl groups is 1. The Morgan fingerprint density at radius 2 is 1.94 bits per heavy atom. The molecule has 8 nitrogen and oxygen atoms in total. The van der Waals surface area contributed by atoms with Crippen LogP contribution in [0.5, 0.6) is 0 Å². The Morgan fingerprint density at radius 1 is 1.12 bits per heavy atom. The van der Waals surface area contributed by atoms with E-state index in [-0.39, 0.29) is 6.61 Å². The Balaban J connectivity index is 1.39. The number of hydrogen-bond acceptors (Lipinski definition) is 8. The number of aliphatic hydroxyl groups excluding tert-OH is 1. The summed E-state index contributed by atoms with van der Waals surface area (Å²) in [6, 6.07) is 15.8. The second-order valence-corrected chi connectivity index (χ2v) is 8.90. The maximum atomic E-state index is 11.8. The number of nitrogens with one attached hydrogen (secondary N) is 1.